The number of methoxy groups -OCH3 is 1. The first-order valence-corrected chi connectivity index (χ1v) is 9.76. The van der Waals surface area contributed by atoms with Gasteiger partial charge in [0.05, 0.1) is 29.7 Å². The lowest BCUT2D eigenvalue weighted by molar-refractivity contribution is 0.174. The molecule has 7 heteroatoms. The second-order valence-electron chi connectivity index (χ2n) is 7.16. The third-order valence-electron chi connectivity index (χ3n) is 4.99. The second kappa shape index (κ2) is 8.34. The maximum absolute atomic E-state index is 6.09. The number of pyridine rings is 1. The van der Waals surface area contributed by atoms with E-state index < -0.39 is 0 Å². The maximum atomic E-state index is 6.09. The molecule has 4 rings (SSSR count). The van der Waals surface area contributed by atoms with Crippen molar-refractivity contribution in [3.63, 3.8) is 0 Å². The molecule has 1 aliphatic heterocycles. The van der Waals surface area contributed by atoms with Crippen LogP contribution in [0.3, 0.4) is 0 Å². The number of hydrogen-bond acceptors (Lipinski definition) is 7. The van der Waals surface area contributed by atoms with Crippen molar-refractivity contribution in [2.45, 2.75) is 25.8 Å². The van der Waals surface area contributed by atoms with E-state index >= 15 is 0 Å². The molecule has 3 aromatic rings. The Morgan fingerprint density at radius 2 is 2.00 bits per heavy atom. The summed E-state index contributed by atoms with van der Waals surface area (Å²) in [6.07, 6.45) is 3.78. The Morgan fingerprint density at radius 1 is 1.17 bits per heavy atom. The SMILES string of the molecule is COc1cc(NC(C)CCCNc2cc3c(cc2N)OCO3)c2ncccc2c1. The van der Waals surface area contributed by atoms with E-state index in [-0.39, 0.29) is 12.8 Å². The largest absolute Gasteiger partial charge is 0.497 e. The first kappa shape index (κ1) is 19.0. The summed E-state index contributed by atoms with van der Waals surface area (Å²) in [5.41, 5.74) is 9.56. The number of aromatic nitrogens is 1. The van der Waals surface area contributed by atoms with E-state index in [1.807, 2.05) is 36.5 Å². The molecule has 0 saturated heterocycles. The van der Waals surface area contributed by atoms with Gasteiger partial charge in [-0.3, -0.25) is 4.98 Å². The van der Waals surface area contributed by atoms with Crippen LogP contribution in [0.5, 0.6) is 17.2 Å². The Labute approximate surface area is 170 Å². The summed E-state index contributed by atoms with van der Waals surface area (Å²) in [6.45, 7) is 3.23. The Bertz CT molecular complexity index is 1010. The summed E-state index contributed by atoms with van der Waals surface area (Å²) in [4.78, 5) is 4.52. The fraction of sp³-hybridized carbons (Fsp3) is 0.318. The minimum Gasteiger partial charge on any atom is -0.497 e. The van der Waals surface area contributed by atoms with Gasteiger partial charge in [0.1, 0.15) is 5.75 Å². The first-order chi connectivity index (χ1) is 14.1. The molecule has 2 aromatic carbocycles. The fourth-order valence-corrected chi connectivity index (χ4v) is 3.47. The molecule has 0 aliphatic carbocycles. The average molecular weight is 394 g/mol. The lowest BCUT2D eigenvalue weighted by Crippen LogP contribution is -2.17. The molecular weight excluding hydrogens is 368 g/mol. The number of hydrogen-bond donors (Lipinski definition) is 3. The predicted molar refractivity (Wildman–Crippen MR) is 116 cm³/mol. The van der Waals surface area contributed by atoms with Gasteiger partial charge in [-0.1, -0.05) is 6.07 Å². The minimum absolute atomic E-state index is 0.245. The number of fused-ring (bicyclic) bond motifs is 2. The fourth-order valence-electron chi connectivity index (χ4n) is 3.47. The molecule has 29 heavy (non-hydrogen) atoms. The zero-order chi connectivity index (χ0) is 20.2. The van der Waals surface area contributed by atoms with Gasteiger partial charge in [-0.15, -0.1) is 0 Å². The zero-order valence-corrected chi connectivity index (χ0v) is 16.7. The Hall–Kier alpha value is -3.35. The molecule has 4 N–H and O–H groups in total. The predicted octanol–water partition coefficient (Wildman–Crippen LogP) is 4.25. The van der Waals surface area contributed by atoms with E-state index in [1.165, 1.54) is 0 Å². The standard InChI is InChI=1S/C22H26N4O3/c1-14(26-19-10-16(27-2)9-15-6-4-8-25-22(15)19)5-3-7-24-18-12-21-20(11-17(18)23)28-13-29-21/h4,6,8-12,14,24,26H,3,5,7,13,23H2,1-2H3. The molecule has 2 heterocycles. The van der Waals surface area contributed by atoms with Gasteiger partial charge in [0.2, 0.25) is 6.79 Å². The van der Waals surface area contributed by atoms with Crippen LogP contribution in [0.4, 0.5) is 17.1 Å². The summed E-state index contributed by atoms with van der Waals surface area (Å²) in [7, 11) is 1.68. The number of rotatable bonds is 8. The van der Waals surface area contributed by atoms with Crippen molar-refractivity contribution in [2.24, 2.45) is 0 Å². The molecule has 7 nitrogen and oxygen atoms in total. The number of nitrogen functional groups attached to an aromatic ring is 1. The number of nitrogens with zero attached hydrogens (tertiary/aromatic N) is 1. The van der Waals surface area contributed by atoms with Gasteiger partial charge in [0.25, 0.3) is 0 Å². The highest BCUT2D eigenvalue weighted by Gasteiger charge is 2.16. The van der Waals surface area contributed by atoms with Crippen LogP contribution in [0.15, 0.2) is 42.6 Å². The molecular formula is C22H26N4O3. The highest BCUT2D eigenvalue weighted by atomic mass is 16.7. The summed E-state index contributed by atoms with van der Waals surface area (Å²) in [5.74, 6) is 2.25. The van der Waals surface area contributed by atoms with Crippen molar-refractivity contribution < 1.29 is 14.2 Å². The molecule has 1 unspecified atom stereocenters. The van der Waals surface area contributed by atoms with E-state index in [1.54, 1.807) is 13.2 Å². The van der Waals surface area contributed by atoms with Gasteiger partial charge in [-0.25, -0.2) is 0 Å². The summed E-state index contributed by atoms with van der Waals surface area (Å²) in [5, 5.41) is 8.02. The molecule has 1 aromatic heterocycles. The number of nitrogens with one attached hydrogen (secondary N) is 2. The Balaban J connectivity index is 1.33. The molecule has 0 saturated carbocycles. The van der Waals surface area contributed by atoms with Crippen LogP contribution in [0.1, 0.15) is 19.8 Å². The average Bonchev–Trinajstić information content (AvgIpc) is 3.18. The monoisotopic (exact) mass is 394 g/mol. The third kappa shape index (κ3) is 4.23. The molecule has 1 aliphatic rings. The van der Waals surface area contributed by atoms with Crippen LogP contribution in [0, 0.1) is 0 Å². The normalized spacial score (nSPS) is 13.3. The second-order valence-corrected chi connectivity index (χ2v) is 7.16. The van der Waals surface area contributed by atoms with Crippen molar-refractivity contribution in [1.82, 2.24) is 4.98 Å². The Morgan fingerprint density at radius 3 is 2.83 bits per heavy atom. The van der Waals surface area contributed by atoms with Crippen LogP contribution in [-0.4, -0.2) is 31.5 Å². The van der Waals surface area contributed by atoms with Gasteiger partial charge < -0.3 is 30.6 Å². The highest BCUT2D eigenvalue weighted by Crippen LogP contribution is 2.38. The van der Waals surface area contributed by atoms with Crippen LogP contribution in [0.2, 0.25) is 0 Å². The highest BCUT2D eigenvalue weighted by molar-refractivity contribution is 5.91. The van der Waals surface area contributed by atoms with Gasteiger partial charge in [-0.2, -0.15) is 0 Å². The molecule has 1 atom stereocenters. The summed E-state index contributed by atoms with van der Waals surface area (Å²) < 4.78 is 16.2. The summed E-state index contributed by atoms with van der Waals surface area (Å²) in [6, 6.07) is 11.9. The van der Waals surface area contributed by atoms with Gasteiger partial charge in [-0.05, 0) is 31.9 Å². The van der Waals surface area contributed by atoms with Crippen molar-refractivity contribution in [3.8, 4) is 17.2 Å². The van der Waals surface area contributed by atoms with E-state index in [2.05, 4.69) is 22.5 Å². The van der Waals surface area contributed by atoms with Crippen LogP contribution in [-0.2, 0) is 0 Å². The molecule has 0 fully saturated rings. The van der Waals surface area contributed by atoms with Gasteiger partial charge >= 0.3 is 0 Å². The number of nitrogens with two attached hydrogens (primary N) is 1. The third-order valence-corrected chi connectivity index (χ3v) is 4.99. The molecule has 0 radical (unpaired) electrons. The van der Waals surface area contributed by atoms with Crippen LogP contribution < -0.4 is 30.6 Å². The lowest BCUT2D eigenvalue weighted by Gasteiger charge is -2.18. The van der Waals surface area contributed by atoms with Crippen molar-refractivity contribution in [2.75, 3.05) is 36.8 Å². The van der Waals surface area contributed by atoms with E-state index in [0.29, 0.717) is 11.4 Å². The van der Waals surface area contributed by atoms with Crippen molar-refractivity contribution >= 4 is 28.0 Å². The smallest absolute Gasteiger partial charge is 0.231 e. The maximum Gasteiger partial charge on any atom is 0.231 e. The summed E-state index contributed by atoms with van der Waals surface area (Å²) >= 11 is 0. The van der Waals surface area contributed by atoms with E-state index in [0.717, 1.165) is 53.2 Å². The quantitative estimate of drug-likeness (QED) is 0.389. The molecule has 152 valence electrons. The number of anilines is 3. The number of benzene rings is 2. The molecule has 0 spiro atoms. The lowest BCUT2D eigenvalue weighted by atomic mass is 10.1. The van der Waals surface area contributed by atoms with Crippen molar-refractivity contribution in [1.29, 1.82) is 0 Å². The van der Waals surface area contributed by atoms with Crippen LogP contribution >= 0.6 is 0 Å². The molecule has 0 bridgehead atoms. The van der Waals surface area contributed by atoms with E-state index in [4.69, 9.17) is 19.9 Å². The van der Waals surface area contributed by atoms with Crippen molar-refractivity contribution in [3.05, 3.63) is 42.6 Å². The molecule has 0 amide bonds. The van der Waals surface area contributed by atoms with Gasteiger partial charge in [0.15, 0.2) is 11.5 Å². The van der Waals surface area contributed by atoms with Gasteiger partial charge in [0, 0.05) is 42.4 Å². The minimum atomic E-state index is 0.245. The zero-order valence-electron chi connectivity index (χ0n) is 16.7. The number of ether oxygens (including phenoxy) is 3. The Kier molecular flexibility index (Phi) is 5.46. The topological polar surface area (TPSA) is 90.7 Å². The van der Waals surface area contributed by atoms with Crippen LogP contribution in [0.25, 0.3) is 10.9 Å². The first-order valence-electron chi connectivity index (χ1n) is 9.76. The van der Waals surface area contributed by atoms with E-state index in [9.17, 15) is 0 Å².